The van der Waals surface area contributed by atoms with Crippen LogP contribution in [0.5, 0.6) is 0 Å². The molecule has 0 unspecified atom stereocenters. The highest BCUT2D eigenvalue weighted by molar-refractivity contribution is 9.10. The molecule has 0 saturated heterocycles. The van der Waals surface area contributed by atoms with Crippen LogP contribution in [-0.4, -0.2) is 17.0 Å². The van der Waals surface area contributed by atoms with Gasteiger partial charge in [-0.25, -0.2) is 4.79 Å². The summed E-state index contributed by atoms with van der Waals surface area (Å²) < 4.78 is 1.51. The van der Waals surface area contributed by atoms with Gasteiger partial charge in [-0.05, 0) is 42.8 Å². The molecule has 0 aliphatic carbocycles. The van der Waals surface area contributed by atoms with Gasteiger partial charge in [-0.1, -0.05) is 37.9 Å². The highest BCUT2D eigenvalue weighted by Gasteiger charge is 2.14. The quantitative estimate of drug-likeness (QED) is 0.781. The smallest absolute Gasteiger partial charge is 0.337 e. The molecule has 0 bridgehead atoms. The monoisotopic (exact) mass is 411 g/mol. The molecule has 21 heavy (non-hydrogen) atoms. The molecule has 0 saturated carbocycles. The predicted octanol–water partition coefficient (Wildman–Crippen LogP) is 4.47. The first kappa shape index (κ1) is 15.7. The van der Waals surface area contributed by atoms with Crippen molar-refractivity contribution in [3.8, 4) is 0 Å². The van der Waals surface area contributed by atoms with Gasteiger partial charge in [0.2, 0.25) is 0 Å². The molecule has 1 amide bonds. The van der Waals surface area contributed by atoms with Gasteiger partial charge >= 0.3 is 5.97 Å². The lowest BCUT2D eigenvalue weighted by Gasteiger charge is -2.10. The lowest BCUT2D eigenvalue weighted by molar-refractivity contribution is 0.0698. The fourth-order valence-electron chi connectivity index (χ4n) is 1.73. The number of halogens is 2. The lowest BCUT2D eigenvalue weighted by atomic mass is 10.1. The first-order chi connectivity index (χ1) is 9.88. The van der Waals surface area contributed by atoms with Crippen LogP contribution in [0.2, 0.25) is 0 Å². The van der Waals surface area contributed by atoms with Gasteiger partial charge < -0.3 is 10.4 Å². The molecule has 2 N–H and O–H groups in total. The number of nitrogens with one attached hydrogen (secondary N) is 1. The minimum atomic E-state index is -1.09. The van der Waals surface area contributed by atoms with Crippen LogP contribution >= 0.6 is 31.9 Å². The third kappa shape index (κ3) is 3.71. The Labute approximate surface area is 138 Å². The highest BCUT2D eigenvalue weighted by Crippen LogP contribution is 2.23. The molecule has 108 valence electrons. The van der Waals surface area contributed by atoms with Gasteiger partial charge in [-0.2, -0.15) is 0 Å². The normalized spacial score (nSPS) is 10.2. The zero-order valence-electron chi connectivity index (χ0n) is 11.0. The van der Waals surface area contributed by atoms with Gasteiger partial charge in [0.25, 0.3) is 5.91 Å². The molecule has 2 aromatic carbocycles. The van der Waals surface area contributed by atoms with Gasteiger partial charge in [0.1, 0.15) is 0 Å². The number of carbonyl (C=O) groups is 2. The standard InChI is InChI=1S/C15H11Br2NO3/c1-8-2-3-9(6-12(8)17)14(19)18-13-7-10(16)4-5-11(13)15(20)21/h2-7H,1H3,(H,18,19)(H,20,21). The number of rotatable bonds is 3. The van der Waals surface area contributed by atoms with Crippen molar-refractivity contribution < 1.29 is 14.7 Å². The summed E-state index contributed by atoms with van der Waals surface area (Å²) in [5.41, 5.74) is 1.75. The van der Waals surface area contributed by atoms with Gasteiger partial charge in [-0.15, -0.1) is 0 Å². The van der Waals surface area contributed by atoms with E-state index in [2.05, 4.69) is 37.2 Å². The summed E-state index contributed by atoms with van der Waals surface area (Å²) in [4.78, 5) is 23.4. The topological polar surface area (TPSA) is 66.4 Å². The van der Waals surface area contributed by atoms with Crippen molar-refractivity contribution >= 4 is 49.4 Å². The van der Waals surface area contributed by atoms with E-state index >= 15 is 0 Å². The van der Waals surface area contributed by atoms with E-state index in [1.54, 1.807) is 24.3 Å². The van der Waals surface area contributed by atoms with E-state index in [0.717, 1.165) is 10.0 Å². The number of carboxylic acid groups (broad SMARTS) is 1. The maximum Gasteiger partial charge on any atom is 0.337 e. The number of aromatic carboxylic acids is 1. The average Bonchev–Trinajstić information content (AvgIpc) is 2.41. The van der Waals surface area contributed by atoms with Crippen LogP contribution in [0.1, 0.15) is 26.3 Å². The van der Waals surface area contributed by atoms with Crippen molar-refractivity contribution in [3.05, 3.63) is 62.0 Å². The second-order valence-electron chi connectivity index (χ2n) is 4.41. The Kier molecular flexibility index (Phi) is 4.80. The molecule has 0 spiro atoms. The Morgan fingerprint density at radius 1 is 1.10 bits per heavy atom. The molecule has 6 heteroatoms. The summed E-state index contributed by atoms with van der Waals surface area (Å²) in [6.45, 7) is 1.92. The van der Waals surface area contributed by atoms with E-state index in [4.69, 9.17) is 5.11 Å². The molecule has 2 aromatic rings. The third-order valence-corrected chi connectivity index (χ3v) is 4.24. The number of amides is 1. The van der Waals surface area contributed by atoms with Crippen LogP contribution in [0, 0.1) is 6.92 Å². The van der Waals surface area contributed by atoms with E-state index in [9.17, 15) is 9.59 Å². The van der Waals surface area contributed by atoms with Gasteiger partial charge in [0, 0.05) is 14.5 Å². The molecule has 0 aliphatic rings. The first-order valence-electron chi connectivity index (χ1n) is 5.99. The molecular weight excluding hydrogens is 402 g/mol. The number of benzene rings is 2. The van der Waals surface area contributed by atoms with Crippen molar-refractivity contribution in [3.63, 3.8) is 0 Å². The third-order valence-electron chi connectivity index (χ3n) is 2.89. The highest BCUT2D eigenvalue weighted by atomic mass is 79.9. The van der Waals surface area contributed by atoms with Crippen LogP contribution in [0.25, 0.3) is 0 Å². The number of carboxylic acids is 1. The van der Waals surface area contributed by atoms with E-state index in [1.165, 1.54) is 6.07 Å². The average molecular weight is 413 g/mol. The zero-order chi connectivity index (χ0) is 15.6. The second-order valence-corrected chi connectivity index (χ2v) is 6.18. The Balaban J connectivity index is 2.33. The number of carbonyl (C=O) groups excluding carboxylic acids is 1. The summed E-state index contributed by atoms with van der Waals surface area (Å²) in [6.07, 6.45) is 0. The molecule has 4 nitrogen and oxygen atoms in total. The van der Waals surface area contributed by atoms with Crippen LogP contribution in [0.4, 0.5) is 5.69 Å². The molecule has 0 radical (unpaired) electrons. The predicted molar refractivity (Wildman–Crippen MR) is 87.9 cm³/mol. The van der Waals surface area contributed by atoms with Crippen molar-refractivity contribution in [2.45, 2.75) is 6.92 Å². The van der Waals surface area contributed by atoms with Crippen molar-refractivity contribution in [1.29, 1.82) is 0 Å². The molecule has 0 atom stereocenters. The van der Waals surface area contributed by atoms with Gasteiger partial charge in [0.05, 0.1) is 11.3 Å². The fraction of sp³-hybridized carbons (Fsp3) is 0.0667. The van der Waals surface area contributed by atoms with Crippen LogP contribution in [0.15, 0.2) is 45.3 Å². The molecule has 0 fully saturated rings. The summed E-state index contributed by atoms with van der Waals surface area (Å²) in [5.74, 6) is -1.46. The number of hydrogen-bond donors (Lipinski definition) is 2. The number of aryl methyl sites for hydroxylation is 1. The first-order valence-corrected chi connectivity index (χ1v) is 7.57. The second kappa shape index (κ2) is 6.41. The van der Waals surface area contributed by atoms with E-state index in [-0.39, 0.29) is 17.2 Å². The van der Waals surface area contributed by atoms with E-state index in [0.29, 0.717) is 10.0 Å². The Hall–Kier alpha value is -1.66. The van der Waals surface area contributed by atoms with Crippen molar-refractivity contribution in [2.75, 3.05) is 5.32 Å². The molecule has 0 aromatic heterocycles. The summed E-state index contributed by atoms with van der Waals surface area (Å²) in [5, 5.41) is 11.8. The summed E-state index contributed by atoms with van der Waals surface area (Å²) in [6, 6.07) is 9.81. The van der Waals surface area contributed by atoms with Crippen LogP contribution in [-0.2, 0) is 0 Å². The Bertz CT molecular complexity index is 729. The molecule has 0 aliphatic heterocycles. The van der Waals surface area contributed by atoms with Crippen LogP contribution in [0.3, 0.4) is 0 Å². The Morgan fingerprint density at radius 3 is 2.43 bits per heavy atom. The van der Waals surface area contributed by atoms with E-state index < -0.39 is 5.97 Å². The van der Waals surface area contributed by atoms with Crippen molar-refractivity contribution in [2.24, 2.45) is 0 Å². The fourth-order valence-corrected chi connectivity index (χ4v) is 2.47. The minimum Gasteiger partial charge on any atom is -0.478 e. The van der Waals surface area contributed by atoms with Crippen LogP contribution < -0.4 is 5.32 Å². The minimum absolute atomic E-state index is 0.0396. The maximum absolute atomic E-state index is 12.2. The molecular formula is C15H11Br2NO3. The van der Waals surface area contributed by atoms with Crippen molar-refractivity contribution in [1.82, 2.24) is 0 Å². The summed E-state index contributed by atoms with van der Waals surface area (Å²) >= 11 is 6.63. The largest absolute Gasteiger partial charge is 0.478 e. The van der Waals surface area contributed by atoms with Gasteiger partial charge in [0.15, 0.2) is 0 Å². The molecule has 2 rings (SSSR count). The zero-order valence-corrected chi connectivity index (χ0v) is 14.2. The number of hydrogen-bond acceptors (Lipinski definition) is 2. The van der Waals surface area contributed by atoms with Gasteiger partial charge in [-0.3, -0.25) is 4.79 Å². The Morgan fingerprint density at radius 2 is 1.81 bits per heavy atom. The SMILES string of the molecule is Cc1ccc(C(=O)Nc2cc(Br)ccc2C(=O)O)cc1Br. The molecule has 0 heterocycles. The summed E-state index contributed by atoms with van der Waals surface area (Å²) in [7, 11) is 0. The maximum atomic E-state index is 12.2. The lowest BCUT2D eigenvalue weighted by Crippen LogP contribution is -2.15. The van der Waals surface area contributed by atoms with E-state index in [1.807, 2.05) is 13.0 Å². The number of anilines is 1.